The van der Waals surface area contributed by atoms with Crippen molar-refractivity contribution in [2.75, 3.05) is 31.1 Å². The van der Waals surface area contributed by atoms with E-state index in [0.717, 1.165) is 56.0 Å². The van der Waals surface area contributed by atoms with Crippen molar-refractivity contribution in [2.24, 2.45) is 0 Å². The Balaban J connectivity index is 1.39. The van der Waals surface area contributed by atoms with Crippen molar-refractivity contribution in [2.45, 2.75) is 82.7 Å². The highest BCUT2D eigenvalue weighted by Gasteiger charge is 2.31. The molecule has 1 aliphatic carbocycles. The molecule has 1 aromatic heterocycles. The van der Waals surface area contributed by atoms with Gasteiger partial charge in [0.25, 0.3) is 5.56 Å². The quantitative estimate of drug-likeness (QED) is 0.538. The van der Waals surface area contributed by atoms with Gasteiger partial charge in [-0.25, -0.2) is 4.98 Å². The minimum atomic E-state index is -0.546. The standard InChI is InChI=1S/C25H38BN5O2/c1-26(33)28-19-12-15-30(18-19)24-25(32)31(23-11-7-6-10-22(23)27-24)21-13-16-29(17-14-21)20-8-4-2-3-5-9-20/h6-7,10-11,19-21,28,33H,2-5,8-9,12-18H2,1H3/t19-/m0/s1. The van der Waals surface area contributed by atoms with Crippen LogP contribution >= 0.6 is 0 Å². The molecule has 7 nitrogen and oxygen atoms in total. The van der Waals surface area contributed by atoms with E-state index in [2.05, 4.69) is 19.6 Å². The summed E-state index contributed by atoms with van der Waals surface area (Å²) in [7, 11) is -0.546. The molecule has 5 rings (SSSR count). The first-order valence-electron chi connectivity index (χ1n) is 13.0. The lowest BCUT2D eigenvalue weighted by Gasteiger charge is -2.38. The minimum Gasteiger partial charge on any atom is -0.437 e. The van der Waals surface area contributed by atoms with Gasteiger partial charge in [0, 0.05) is 44.3 Å². The van der Waals surface area contributed by atoms with E-state index in [-0.39, 0.29) is 17.6 Å². The highest BCUT2D eigenvalue weighted by molar-refractivity contribution is 6.45. The van der Waals surface area contributed by atoms with E-state index >= 15 is 0 Å². The predicted molar refractivity (Wildman–Crippen MR) is 135 cm³/mol. The van der Waals surface area contributed by atoms with E-state index in [0.29, 0.717) is 12.4 Å². The van der Waals surface area contributed by atoms with Crippen LogP contribution in [0.3, 0.4) is 0 Å². The van der Waals surface area contributed by atoms with Gasteiger partial charge in [0.1, 0.15) is 0 Å². The van der Waals surface area contributed by atoms with Crippen molar-refractivity contribution >= 4 is 23.9 Å². The highest BCUT2D eigenvalue weighted by Crippen LogP contribution is 2.30. The van der Waals surface area contributed by atoms with Gasteiger partial charge in [0.2, 0.25) is 0 Å². The summed E-state index contributed by atoms with van der Waals surface area (Å²) in [5.41, 5.74) is 1.89. The van der Waals surface area contributed by atoms with E-state index in [1.165, 1.54) is 38.5 Å². The van der Waals surface area contributed by atoms with Gasteiger partial charge in [0.15, 0.2) is 5.82 Å². The second kappa shape index (κ2) is 10.2. The molecule has 2 saturated heterocycles. The van der Waals surface area contributed by atoms with Crippen molar-refractivity contribution in [3.05, 3.63) is 34.6 Å². The van der Waals surface area contributed by atoms with Crippen LogP contribution < -0.4 is 15.7 Å². The van der Waals surface area contributed by atoms with Gasteiger partial charge >= 0.3 is 7.05 Å². The van der Waals surface area contributed by atoms with Crippen LogP contribution in [0, 0.1) is 0 Å². The molecule has 3 fully saturated rings. The van der Waals surface area contributed by atoms with Crippen LogP contribution in [0.1, 0.15) is 63.8 Å². The summed E-state index contributed by atoms with van der Waals surface area (Å²) in [6, 6.07) is 9.22. The number of nitrogens with one attached hydrogen (secondary N) is 1. The molecule has 0 radical (unpaired) electrons. The first-order valence-corrected chi connectivity index (χ1v) is 13.0. The average molecular weight is 451 g/mol. The number of hydrogen-bond acceptors (Lipinski definition) is 6. The largest absolute Gasteiger partial charge is 0.437 e. The summed E-state index contributed by atoms with van der Waals surface area (Å²) in [4.78, 5) is 23.4. The van der Waals surface area contributed by atoms with Gasteiger partial charge in [-0.3, -0.25) is 4.79 Å². The Morgan fingerprint density at radius 2 is 1.70 bits per heavy atom. The predicted octanol–water partition coefficient (Wildman–Crippen LogP) is 3.03. The zero-order valence-electron chi connectivity index (χ0n) is 20.0. The number of likely N-dealkylation sites (tertiary alicyclic amines) is 1. The number of fused-ring (bicyclic) bond motifs is 1. The van der Waals surface area contributed by atoms with E-state index in [4.69, 9.17) is 4.98 Å². The van der Waals surface area contributed by atoms with Crippen LogP contribution in [0.25, 0.3) is 11.0 Å². The number of hydrogen-bond donors (Lipinski definition) is 2. The van der Waals surface area contributed by atoms with Crippen molar-refractivity contribution in [1.82, 2.24) is 19.7 Å². The lowest BCUT2D eigenvalue weighted by atomic mass is 9.87. The number of rotatable bonds is 5. The lowest BCUT2D eigenvalue weighted by Crippen LogP contribution is -2.44. The maximum atomic E-state index is 13.8. The minimum absolute atomic E-state index is 0.0410. The average Bonchev–Trinajstić information content (AvgIpc) is 3.10. The molecular weight excluding hydrogens is 413 g/mol. The maximum Gasteiger partial charge on any atom is 0.373 e. The van der Waals surface area contributed by atoms with Crippen LogP contribution in [0.15, 0.2) is 29.1 Å². The van der Waals surface area contributed by atoms with Crippen LogP contribution in [-0.2, 0) is 0 Å². The monoisotopic (exact) mass is 451 g/mol. The third kappa shape index (κ3) is 4.98. The Bertz CT molecular complexity index is 996. The molecule has 33 heavy (non-hydrogen) atoms. The fourth-order valence-electron chi connectivity index (χ4n) is 6.27. The molecule has 2 aromatic rings. The SMILES string of the molecule is CB(O)N[C@H]1CCN(c2nc3ccccc3n(C3CCN(C4CCCCCC4)CC3)c2=O)C1. The Labute approximate surface area is 197 Å². The Hall–Kier alpha value is -1.90. The summed E-state index contributed by atoms with van der Waals surface area (Å²) in [5, 5.41) is 12.9. The topological polar surface area (TPSA) is 73.6 Å². The molecule has 3 heterocycles. The molecule has 3 aliphatic rings. The van der Waals surface area contributed by atoms with Crippen molar-refractivity contribution < 1.29 is 5.02 Å². The van der Waals surface area contributed by atoms with Gasteiger partial charge in [-0.1, -0.05) is 37.8 Å². The summed E-state index contributed by atoms with van der Waals surface area (Å²) < 4.78 is 2.05. The molecule has 0 spiro atoms. The van der Waals surface area contributed by atoms with Gasteiger partial charge in [-0.15, -0.1) is 0 Å². The molecule has 0 unspecified atom stereocenters. The maximum absolute atomic E-state index is 13.8. The Morgan fingerprint density at radius 3 is 2.42 bits per heavy atom. The van der Waals surface area contributed by atoms with Crippen LogP contribution in [-0.4, -0.2) is 64.8 Å². The summed E-state index contributed by atoms with van der Waals surface area (Å²) >= 11 is 0. The van der Waals surface area contributed by atoms with Crippen molar-refractivity contribution in [3.63, 3.8) is 0 Å². The molecule has 2 aliphatic heterocycles. The van der Waals surface area contributed by atoms with Gasteiger partial charge in [-0.05, 0) is 51.1 Å². The molecular formula is C25H38BN5O2. The first-order chi connectivity index (χ1) is 16.1. The molecule has 1 aromatic carbocycles. The zero-order valence-corrected chi connectivity index (χ0v) is 20.0. The number of aromatic nitrogens is 2. The Morgan fingerprint density at radius 1 is 0.970 bits per heavy atom. The molecule has 8 heteroatoms. The van der Waals surface area contributed by atoms with Gasteiger partial charge < -0.3 is 24.6 Å². The van der Waals surface area contributed by atoms with Crippen molar-refractivity contribution in [1.29, 1.82) is 0 Å². The smallest absolute Gasteiger partial charge is 0.373 e. The third-order valence-electron chi connectivity index (χ3n) is 7.95. The van der Waals surface area contributed by atoms with Crippen LogP contribution in [0.2, 0.25) is 6.82 Å². The lowest BCUT2D eigenvalue weighted by molar-refractivity contribution is 0.124. The highest BCUT2D eigenvalue weighted by atomic mass is 16.2. The second-order valence-corrected chi connectivity index (χ2v) is 10.3. The summed E-state index contributed by atoms with van der Waals surface area (Å²) in [5.74, 6) is 0.565. The number of anilines is 1. The molecule has 1 saturated carbocycles. The number of nitrogens with zero attached hydrogens (tertiary/aromatic N) is 4. The summed E-state index contributed by atoms with van der Waals surface area (Å²) in [6.45, 7) is 5.39. The molecule has 0 amide bonds. The number of piperidine rings is 1. The fourth-order valence-corrected chi connectivity index (χ4v) is 6.27. The third-order valence-corrected chi connectivity index (χ3v) is 7.95. The Kier molecular flexibility index (Phi) is 7.04. The van der Waals surface area contributed by atoms with Crippen LogP contribution in [0.4, 0.5) is 5.82 Å². The second-order valence-electron chi connectivity index (χ2n) is 10.3. The molecule has 178 valence electrons. The summed E-state index contributed by atoms with van der Waals surface area (Å²) in [6.07, 6.45) is 11.1. The zero-order chi connectivity index (χ0) is 22.8. The van der Waals surface area contributed by atoms with Gasteiger partial charge in [-0.2, -0.15) is 0 Å². The van der Waals surface area contributed by atoms with Gasteiger partial charge in [0.05, 0.1) is 11.0 Å². The van der Waals surface area contributed by atoms with E-state index in [1.807, 2.05) is 24.3 Å². The van der Waals surface area contributed by atoms with E-state index < -0.39 is 7.05 Å². The number of benzene rings is 1. The normalized spacial score (nSPS) is 23.8. The molecule has 1 atom stereocenters. The first kappa shape index (κ1) is 22.9. The molecule has 0 bridgehead atoms. The van der Waals surface area contributed by atoms with E-state index in [1.54, 1.807) is 6.82 Å². The van der Waals surface area contributed by atoms with Crippen LogP contribution in [0.5, 0.6) is 0 Å². The fraction of sp³-hybridized carbons (Fsp3) is 0.680. The van der Waals surface area contributed by atoms with Crippen molar-refractivity contribution in [3.8, 4) is 0 Å². The van der Waals surface area contributed by atoms with E-state index in [9.17, 15) is 9.82 Å². The number of para-hydroxylation sites is 2. The molecule has 2 N–H and O–H groups in total.